The van der Waals surface area contributed by atoms with Gasteiger partial charge in [0, 0.05) is 5.54 Å². The Morgan fingerprint density at radius 1 is 1.73 bits per heavy atom. The van der Waals surface area contributed by atoms with E-state index in [1.54, 1.807) is 13.0 Å². The van der Waals surface area contributed by atoms with Crippen LogP contribution in [0.25, 0.3) is 0 Å². The fourth-order valence-electron chi connectivity index (χ4n) is 0.649. The summed E-state index contributed by atoms with van der Waals surface area (Å²) < 4.78 is 5.26. The van der Waals surface area contributed by atoms with Gasteiger partial charge >= 0.3 is 0 Å². The minimum Gasteiger partial charge on any atom is -0.461 e. The molecule has 1 aromatic rings. The van der Waals surface area contributed by atoms with Crippen molar-refractivity contribution in [3.05, 3.63) is 41.6 Å². The molecule has 2 heteroatoms. The summed E-state index contributed by atoms with van der Waals surface area (Å²) in [7, 11) is 0. The number of allylic oxidation sites excluding steroid dienone is 1. The third kappa shape index (κ3) is 2.64. The third-order valence-electron chi connectivity index (χ3n) is 1.11. The van der Waals surface area contributed by atoms with Crippen LogP contribution in [0.4, 0.5) is 0 Å². The molecule has 0 saturated heterocycles. The van der Waals surface area contributed by atoms with Gasteiger partial charge in [-0.25, -0.2) is 0 Å². The second kappa shape index (κ2) is 4.04. The second-order valence-electron chi connectivity index (χ2n) is 2.06. The third-order valence-corrected chi connectivity index (χ3v) is 1.42. The summed E-state index contributed by atoms with van der Waals surface area (Å²) in [6, 6.07) is 10.2. The van der Waals surface area contributed by atoms with E-state index in [4.69, 9.17) is 16.3 Å². The average Bonchev–Trinajstić information content (AvgIpc) is 2.06. The van der Waals surface area contributed by atoms with Gasteiger partial charge in [0.15, 0.2) is 0 Å². The Morgan fingerprint density at radius 2 is 2.55 bits per heavy atom. The number of benzene rings is 1. The maximum absolute atomic E-state index is 5.40. The molecule has 0 N–H and O–H groups in total. The molecule has 1 radical (unpaired) electrons. The molecule has 0 spiro atoms. The molecular formula is C9H8ClO. The van der Waals surface area contributed by atoms with Crippen LogP contribution < -0.4 is 4.74 Å². The van der Waals surface area contributed by atoms with Crippen molar-refractivity contribution < 1.29 is 4.74 Å². The van der Waals surface area contributed by atoms with E-state index >= 15 is 0 Å². The van der Waals surface area contributed by atoms with Gasteiger partial charge in [-0.05, 0) is 25.1 Å². The van der Waals surface area contributed by atoms with Crippen molar-refractivity contribution in [3.63, 3.8) is 0 Å². The van der Waals surface area contributed by atoms with Crippen molar-refractivity contribution in [1.82, 2.24) is 0 Å². The van der Waals surface area contributed by atoms with E-state index in [9.17, 15) is 0 Å². The zero-order valence-corrected chi connectivity index (χ0v) is 6.93. The minimum absolute atomic E-state index is 0.672. The van der Waals surface area contributed by atoms with E-state index in [0.29, 0.717) is 5.76 Å². The lowest BCUT2D eigenvalue weighted by atomic mass is 10.3. The monoisotopic (exact) mass is 167 g/mol. The number of ether oxygens (including phenoxy) is 1. The largest absolute Gasteiger partial charge is 0.461 e. The van der Waals surface area contributed by atoms with Gasteiger partial charge in [0.1, 0.15) is 11.5 Å². The molecular weight excluding hydrogens is 160 g/mol. The van der Waals surface area contributed by atoms with Crippen molar-refractivity contribution in [2.75, 3.05) is 0 Å². The summed E-state index contributed by atoms with van der Waals surface area (Å²) in [6.07, 6.45) is 0. The lowest BCUT2D eigenvalue weighted by Gasteiger charge is -2.02. The Labute approximate surface area is 71.3 Å². The van der Waals surface area contributed by atoms with Crippen LogP contribution >= 0.6 is 11.6 Å². The van der Waals surface area contributed by atoms with Gasteiger partial charge in [0.2, 0.25) is 0 Å². The fraction of sp³-hybridized carbons (Fsp3) is 0.111. The van der Waals surface area contributed by atoms with Crippen molar-refractivity contribution in [3.8, 4) is 5.75 Å². The SMILES string of the molecule is CC(=CCl)Oc1c[c]ccc1. The van der Waals surface area contributed by atoms with Gasteiger partial charge in [0.05, 0.1) is 0 Å². The van der Waals surface area contributed by atoms with Gasteiger partial charge < -0.3 is 4.74 Å². The van der Waals surface area contributed by atoms with E-state index in [-0.39, 0.29) is 0 Å². The molecule has 1 rings (SSSR count). The zero-order valence-electron chi connectivity index (χ0n) is 6.17. The Balaban J connectivity index is 2.65. The quantitative estimate of drug-likeness (QED) is 0.616. The van der Waals surface area contributed by atoms with Crippen LogP contribution in [-0.4, -0.2) is 0 Å². The van der Waals surface area contributed by atoms with E-state index in [1.165, 1.54) is 5.54 Å². The molecule has 1 nitrogen and oxygen atoms in total. The lowest BCUT2D eigenvalue weighted by molar-refractivity contribution is 0.429. The van der Waals surface area contributed by atoms with Crippen LogP contribution in [0.15, 0.2) is 35.6 Å². The normalized spacial score (nSPS) is 11.3. The topological polar surface area (TPSA) is 9.23 Å². The van der Waals surface area contributed by atoms with Crippen molar-refractivity contribution >= 4 is 11.6 Å². The van der Waals surface area contributed by atoms with Crippen LogP contribution in [0.5, 0.6) is 5.75 Å². The van der Waals surface area contributed by atoms with E-state index < -0.39 is 0 Å². The first-order valence-electron chi connectivity index (χ1n) is 3.24. The van der Waals surface area contributed by atoms with Gasteiger partial charge in [-0.2, -0.15) is 0 Å². The number of hydrogen-bond acceptors (Lipinski definition) is 1. The number of rotatable bonds is 2. The predicted octanol–water partition coefficient (Wildman–Crippen LogP) is 2.97. The van der Waals surface area contributed by atoms with Crippen LogP contribution in [0, 0.1) is 6.07 Å². The van der Waals surface area contributed by atoms with Crippen LogP contribution in [0.1, 0.15) is 6.92 Å². The zero-order chi connectivity index (χ0) is 8.10. The molecule has 0 unspecified atom stereocenters. The summed E-state index contributed by atoms with van der Waals surface area (Å²) in [4.78, 5) is 0. The molecule has 0 bridgehead atoms. The maximum Gasteiger partial charge on any atom is 0.127 e. The van der Waals surface area contributed by atoms with Crippen LogP contribution in [0.2, 0.25) is 0 Å². The second-order valence-corrected chi connectivity index (χ2v) is 2.28. The van der Waals surface area contributed by atoms with Crippen molar-refractivity contribution in [2.45, 2.75) is 6.92 Å². The lowest BCUT2D eigenvalue weighted by Crippen LogP contribution is -1.87. The van der Waals surface area contributed by atoms with Gasteiger partial charge in [-0.1, -0.05) is 23.7 Å². The highest BCUT2D eigenvalue weighted by Crippen LogP contribution is 2.11. The highest BCUT2D eigenvalue weighted by molar-refractivity contribution is 6.25. The Hall–Kier alpha value is -0.950. The predicted molar refractivity (Wildman–Crippen MR) is 45.5 cm³/mol. The smallest absolute Gasteiger partial charge is 0.127 e. The molecule has 11 heavy (non-hydrogen) atoms. The molecule has 0 aromatic heterocycles. The molecule has 0 aliphatic carbocycles. The molecule has 1 aromatic carbocycles. The summed E-state index contributed by atoms with van der Waals surface area (Å²) in [5.74, 6) is 1.42. The molecule has 57 valence electrons. The summed E-state index contributed by atoms with van der Waals surface area (Å²) in [6.45, 7) is 1.79. The highest BCUT2D eigenvalue weighted by Gasteiger charge is 1.91. The number of halogens is 1. The van der Waals surface area contributed by atoms with Crippen molar-refractivity contribution in [1.29, 1.82) is 0 Å². The van der Waals surface area contributed by atoms with Crippen molar-refractivity contribution in [2.24, 2.45) is 0 Å². The highest BCUT2D eigenvalue weighted by atomic mass is 35.5. The van der Waals surface area contributed by atoms with E-state index in [1.807, 2.05) is 18.2 Å². The molecule has 0 aliphatic heterocycles. The summed E-state index contributed by atoms with van der Waals surface area (Å²) >= 11 is 5.40. The Morgan fingerprint density at radius 3 is 3.09 bits per heavy atom. The molecule has 0 saturated carbocycles. The van der Waals surface area contributed by atoms with E-state index in [0.717, 1.165) is 5.75 Å². The number of hydrogen-bond donors (Lipinski definition) is 0. The fourth-order valence-corrected chi connectivity index (χ4v) is 0.693. The Kier molecular flexibility index (Phi) is 2.99. The van der Waals surface area contributed by atoms with Gasteiger partial charge in [-0.3, -0.25) is 0 Å². The standard InChI is InChI=1S/C9H8ClO/c1-8(7-10)11-9-5-3-2-4-6-9/h2-3,5-7H,1H3. The molecule has 0 atom stereocenters. The summed E-state index contributed by atoms with van der Waals surface area (Å²) in [5, 5.41) is 0. The van der Waals surface area contributed by atoms with Crippen LogP contribution in [0.3, 0.4) is 0 Å². The first-order valence-corrected chi connectivity index (χ1v) is 3.67. The first-order chi connectivity index (χ1) is 5.33. The first kappa shape index (κ1) is 8.15. The molecule has 0 fully saturated rings. The Bertz CT molecular complexity index is 241. The molecule has 0 amide bonds. The molecule has 0 heterocycles. The van der Waals surface area contributed by atoms with Gasteiger partial charge in [-0.15, -0.1) is 0 Å². The van der Waals surface area contributed by atoms with Gasteiger partial charge in [0.25, 0.3) is 0 Å². The van der Waals surface area contributed by atoms with E-state index in [2.05, 4.69) is 6.07 Å². The molecule has 0 aliphatic rings. The minimum atomic E-state index is 0.672. The average molecular weight is 168 g/mol. The maximum atomic E-state index is 5.40. The summed E-state index contributed by atoms with van der Waals surface area (Å²) in [5.41, 5.74) is 1.40. The van der Waals surface area contributed by atoms with Crippen LogP contribution in [-0.2, 0) is 0 Å².